The predicted molar refractivity (Wildman–Crippen MR) is 112 cm³/mol. The number of amides is 1. The van der Waals surface area contributed by atoms with Crippen LogP contribution >= 0.6 is 24.8 Å². The zero-order chi connectivity index (χ0) is 17.3. The highest BCUT2D eigenvalue weighted by atomic mass is 35.5. The Kier molecular flexibility index (Phi) is 6.81. The lowest BCUT2D eigenvalue weighted by molar-refractivity contribution is -0.122. The molecule has 0 saturated carbocycles. The number of hydrogen-bond acceptors (Lipinski definition) is 4. The van der Waals surface area contributed by atoms with Crippen LogP contribution in [-0.2, 0) is 4.79 Å². The van der Waals surface area contributed by atoms with Crippen molar-refractivity contribution >= 4 is 47.4 Å². The maximum Gasteiger partial charge on any atom is 0.244 e. The van der Waals surface area contributed by atoms with E-state index in [0.717, 1.165) is 42.7 Å². The Balaban J connectivity index is 0.00000131. The Morgan fingerprint density at radius 3 is 2.70 bits per heavy atom. The van der Waals surface area contributed by atoms with E-state index in [2.05, 4.69) is 20.6 Å². The first-order valence-electron chi connectivity index (χ1n) is 8.67. The quantitative estimate of drug-likeness (QED) is 0.690. The second-order valence-corrected chi connectivity index (χ2v) is 6.43. The third-order valence-electron chi connectivity index (χ3n) is 4.99. The molecule has 144 valence electrons. The molecule has 0 radical (unpaired) electrons. The number of carbonyl (C=O) groups excluding carboxylic acids is 1. The van der Waals surface area contributed by atoms with Gasteiger partial charge in [0, 0.05) is 0 Å². The van der Waals surface area contributed by atoms with Gasteiger partial charge >= 0.3 is 0 Å². The Bertz CT molecular complexity index is 904. The maximum atomic E-state index is 12.6. The summed E-state index contributed by atoms with van der Waals surface area (Å²) >= 11 is 0. The highest BCUT2D eigenvalue weighted by molar-refractivity contribution is 5.98. The molecule has 27 heavy (non-hydrogen) atoms. The predicted octanol–water partition coefficient (Wildman–Crippen LogP) is 3.73. The van der Waals surface area contributed by atoms with E-state index >= 15 is 0 Å². The first-order valence-corrected chi connectivity index (χ1v) is 8.67. The standard InChI is InChI=1S/C19H21N5O.2ClH/c1-2-19(10-5-11-22-19)18(25)23-14-8-9-17(20-12-14)24-13-21-15-6-3-4-7-16(15)24;;/h3-4,6-9,12-13,22H,2,5,10-11H2,1H3,(H,23,25);2*1H. The van der Waals surface area contributed by atoms with Crippen LogP contribution in [0.5, 0.6) is 0 Å². The van der Waals surface area contributed by atoms with E-state index < -0.39 is 5.54 Å². The highest BCUT2D eigenvalue weighted by Gasteiger charge is 2.39. The van der Waals surface area contributed by atoms with Gasteiger partial charge in [-0.05, 0) is 50.1 Å². The maximum absolute atomic E-state index is 12.6. The minimum absolute atomic E-state index is 0. The van der Waals surface area contributed by atoms with Crippen molar-refractivity contribution in [1.82, 2.24) is 19.9 Å². The fraction of sp³-hybridized carbons (Fsp3) is 0.316. The molecule has 2 aromatic heterocycles. The van der Waals surface area contributed by atoms with Crippen LogP contribution in [0.1, 0.15) is 26.2 Å². The first-order chi connectivity index (χ1) is 12.2. The number of rotatable bonds is 4. The van der Waals surface area contributed by atoms with Crippen molar-refractivity contribution in [2.45, 2.75) is 31.7 Å². The van der Waals surface area contributed by atoms with Gasteiger partial charge in [-0.3, -0.25) is 9.36 Å². The third kappa shape index (κ3) is 3.93. The minimum atomic E-state index is -0.445. The molecule has 4 rings (SSSR count). The fourth-order valence-corrected chi connectivity index (χ4v) is 3.46. The highest BCUT2D eigenvalue weighted by Crippen LogP contribution is 2.25. The van der Waals surface area contributed by atoms with E-state index in [1.54, 1.807) is 12.5 Å². The van der Waals surface area contributed by atoms with E-state index in [4.69, 9.17) is 0 Å². The topological polar surface area (TPSA) is 71.8 Å². The van der Waals surface area contributed by atoms with Gasteiger partial charge in [0.2, 0.25) is 5.91 Å². The number of imidazole rings is 1. The molecule has 1 aromatic carbocycles. The molecule has 3 heterocycles. The molecular formula is C19H23Cl2N5O. The van der Waals surface area contributed by atoms with Crippen LogP contribution in [0.15, 0.2) is 48.9 Å². The van der Waals surface area contributed by atoms with E-state index in [9.17, 15) is 4.79 Å². The lowest BCUT2D eigenvalue weighted by Gasteiger charge is -2.26. The van der Waals surface area contributed by atoms with Crippen LogP contribution in [0.3, 0.4) is 0 Å². The largest absolute Gasteiger partial charge is 0.323 e. The Morgan fingerprint density at radius 1 is 1.22 bits per heavy atom. The van der Waals surface area contributed by atoms with Gasteiger partial charge in [-0.15, -0.1) is 24.8 Å². The zero-order valence-electron chi connectivity index (χ0n) is 15.0. The number of halogens is 2. The third-order valence-corrected chi connectivity index (χ3v) is 4.99. The summed E-state index contributed by atoms with van der Waals surface area (Å²) < 4.78 is 1.94. The molecule has 6 nitrogen and oxygen atoms in total. The number of pyridine rings is 1. The van der Waals surface area contributed by atoms with Gasteiger partial charge in [0.1, 0.15) is 12.1 Å². The summed E-state index contributed by atoms with van der Waals surface area (Å²) in [5.74, 6) is 0.797. The van der Waals surface area contributed by atoms with Crippen molar-refractivity contribution in [1.29, 1.82) is 0 Å². The van der Waals surface area contributed by atoms with E-state index in [0.29, 0.717) is 5.69 Å². The van der Waals surface area contributed by atoms with Gasteiger partial charge in [-0.2, -0.15) is 0 Å². The molecule has 3 aromatic rings. The van der Waals surface area contributed by atoms with Gasteiger partial charge in [-0.25, -0.2) is 9.97 Å². The summed E-state index contributed by atoms with van der Waals surface area (Å²) in [6.45, 7) is 2.94. The minimum Gasteiger partial charge on any atom is -0.323 e. The summed E-state index contributed by atoms with van der Waals surface area (Å²) in [6, 6.07) is 11.7. The summed E-state index contributed by atoms with van der Waals surface area (Å²) in [7, 11) is 0. The molecule has 2 N–H and O–H groups in total. The average molecular weight is 408 g/mol. The van der Waals surface area contributed by atoms with Crippen molar-refractivity contribution in [3.05, 3.63) is 48.9 Å². The van der Waals surface area contributed by atoms with Crippen molar-refractivity contribution in [2.24, 2.45) is 0 Å². The smallest absolute Gasteiger partial charge is 0.244 e. The van der Waals surface area contributed by atoms with Gasteiger partial charge in [0.15, 0.2) is 0 Å². The van der Waals surface area contributed by atoms with Crippen molar-refractivity contribution in [3.63, 3.8) is 0 Å². The average Bonchev–Trinajstić information content (AvgIpc) is 3.30. The molecule has 0 aliphatic carbocycles. The van der Waals surface area contributed by atoms with Crippen LogP contribution in [0.2, 0.25) is 0 Å². The molecule has 1 fully saturated rings. The molecule has 8 heteroatoms. The SMILES string of the molecule is CCC1(C(=O)Nc2ccc(-n3cnc4ccccc43)nc2)CCCN1.Cl.Cl. The van der Waals surface area contributed by atoms with E-state index in [-0.39, 0.29) is 30.7 Å². The van der Waals surface area contributed by atoms with Crippen LogP contribution < -0.4 is 10.6 Å². The van der Waals surface area contributed by atoms with Crippen LogP contribution in [-0.4, -0.2) is 32.5 Å². The Morgan fingerprint density at radius 2 is 2.04 bits per heavy atom. The van der Waals surface area contributed by atoms with E-state index in [1.165, 1.54) is 0 Å². The van der Waals surface area contributed by atoms with Crippen LogP contribution in [0.4, 0.5) is 5.69 Å². The van der Waals surface area contributed by atoms with Gasteiger partial charge < -0.3 is 10.6 Å². The summed E-state index contributed by atoms with van der Waals surface area (Å²) in [5, 5.41) is 6.35. The van der Waals surface area contributed by atoms with Gasteiger partial charge in [-0.1, -0.05) is 19.1 Å². The van der Waals surface area contributed by atoms with Crippen molar-refractivity contribution in [3.8, 4) is 5.82 Å². The molecule has 1 aliphatic heterocycles. The van der Waals surface area contributed by atoms with E-state index in [1.807, 2.05) is 47.9 Å². The van der Waals surface area contributed by atoms with Crippen molar-refractivity contribution < 1.29 is 4.79 Å². The molecule has 1 amide bonds. The van der Waals surface area contributed by atoms with Gasteiger partial charge in [0.25, 0.3) is 0 Å². The normalized spacial score (nSPS) is 18.6. The molecule has 0 spiro atoms. The van der Waals surface area contributed by atoms with Crippen LogP contribution in [0, 0.1) is 0 Å². The molecule has 1 saturated heterocycles. The molecule has 1 unspecified atom stereocenters. The monoisotopic (exact) mass is 407 g/mol. The number of para-hydroxylation sites is 2. The fourth-order valence-electron chi connectivity index (χ4n) is 3.46. The number of carbonyl (C=O) groups is 1. The zero-order valence-corrected chi connectivity index (χ0v) is 16.6. The second kappa shape index (κ2) is 8.69. The first kappa shape index (κ1) is 21.2. The summed E-state index contributed by atoms with van der Waals surface area (Å²) in [6.07, 6.45) is 6.15. The second-order valence-electron chi connectivity index (χ2n) is 6.43. The molecule has 0 bridgehead atoms. The van der Waals surface area contributed by atoms with Crippen molar-refractivity contribution in [2.75, 3.05) is 11.9 Å². The number of hydrogen-bond donors (Lipinski definition) is 2. The Labute approximate surface area is 170 Å². The lowest BCUT2D eigenvalue weighted by atomic mass is 9.93. The lowest BCUT2D eigenvalue weighted by Crippen LogP contribution is -2.50. The summed E-state index contributed by atoms with van der Waals surface area (Å²) in [4.78, 5) is 21.5. The Hall–Kier alpha value is -2.15. The number of aromatic nitrogens is 3. The summed E-state index contributed by atoms with van der Waals surface area (Å²) in [5.41, 5.74) is 2.20. The number of nitrogens with zero attached hydrogens (tertiary/aromatic N) is 3. The molecule has 1 atom stereocenters. The van der Waals surface area contributed by atoms with Crippen LogP contribution in [0.25, 0.3) is 16.9 Å². The number of fused-ring (bicyclic) bond motifs is 1. The number of nitrogens with one attached hydrogen (secondary N) is 2. The molecular weight excluding hydrogens is 385 g/mol. The number of benzene rings is 1. The van der Waals surface area contributed by atoms with Gasteiger partial charge in [0.05, 0.1) is 28.5 Å². The molecule has 1 aliphatic rings. The number of anilines is 1.